The molecule has 2 amide bonds. The monoisotopic (exact) mass is 706 g/mol. The van der Waals surface area contributed by atoms with E-state index in [1.54, 1.807) is 39.1 Å². The molecule has 0 radical (unpaired) electrons. The number of hydrogen-bond donors (Lipinski definition) is 3. The van der Waals surface area contributed by atoms with E-state index in [4.69, 9.17) is 18.9 Å². The number of nitrogens with one attached hydrogen (secondary N) is 2. The normalized spacial score (nSPS) is 20.3. The average molecular weight is 707 g/mol. The zero-order chi connectivity index (χ0) is 36.5. The van der Waals surface area contributed by atoms with Crippen molar-refractivity contribution in [2.75, 3.05) is 26.9 Å². The maximum atomic E-state index is 13.7. The predicted octanol–water partition coefficient (Wildman–Crippen LogP) is 3.94. The zero-order valence-electron chi connectivity index (χ0n) is 29.4. The van der Waals surface area contributed by atoms with Crippen molar-refractivity contribution < 1.29 is 42.8 Å². The van der Waals surface area contributed by atoms with Crippen molar-refractivity contribution in [2.24, 2.45) is 17.3 Å². The van der Waals surface area contributed by atoms with Gasteiger partial charge in [-0.2, -0.15) is 0 Å². The second kappa shape index (κ2) is 17.2. The summed E-state index contributed by atoms with van der Waals surface area (Å²) in [6.45, 7) is 5.92. The molecule has 0 aliphatic carbocycles. The number of halogens is 1. The van der Waals surface area contributed by atoms with Crippen LogP contribution in [0.3, 0.4) is 0 Å². The van der Waals surface area contributed by atoms with E-state index in [2.05, 4.69) is 15.7 Å². The highest BCUT2D eigenvalue weighted by atomic mass is 19.1. The number of esters is 1. The Morgan fingerprint density at radius 1 is 1.02 bits per heavy atom. The van der Waals surface area contributed by atoms with Crippen LogP contribution in [0.2, 0.25) is 0 Å². The number of rotatable bonds is 14. The number of carbonyl (C=O) groups excluding carboxylic acids is 3. The van der Waals surface area contributed by atoms with Crippen LogP contribution in [0.4, 0.5) is 9.18 Å². The van der Waals surface area contributed by atoms with Gasteiger partial charge in [-0.25, -0.2) is 14.2 Å². The van der Waals surface area contributed by atoms with E-state index in [1.165, 1.54) is 24.3 Å². The molecule has 2 aliphatic rings. The molecule has 12 nitrogen and oxygen atoms in total. The number of pyridine rings is 1. The van der Waals surface area contributed by atoms with Crippen molar-refractivity contribution in [3.63, 3.8) is 0 Å². The molecule has 3 N–H and O–H groups in total. The van der Waals surface area contributed by atoms with Crippen molar-refractivity contribution in [1.82, 2.24) is 20.7 Å². The van der Waals surface area contributed by atoms with Gasteiger partial charge in [-0.3, -0.25) is 20.0 Å². The largest absolute Gasteiger partial charge is 0.468 e. The summed E-state index contributed by atoms with van der Waals surface area (Å²) in [5.74, 6) is -2.94. The van der Waals surface area contributed by atoms with Gasteiger partial charge < -0.3 is 29.4 Å². The van der Waals surface area contributed by atoms with Crippen LogP contribution >= 0.6 is 0 Å². The molecule has 3 aromatic rings. The van der Waals surface area contributed by atoms with E-state index < -0.39 is 59.7 Å². The Morgan fingerprint density at radius 2 is 1.73 bits per heavy atom. The molecule has 6 unspecified atom stereocenters. The third-order valence-electron chi connectivity index (χ3n) is 9.15. The maximum absolute atomic E-state index is 13.7. The molecule has 0 bridgehead atoms. The molecule has 13 heteroatoms. The topological polar surface area (TPSA) is 149 Å². The summed E-state index contributed by atoms with van der Waals surface area (Å²) in [5, 5.41) is 16.2. The number of aliphatic hydroxyl groups is 1. The number of ether oxygens (including phenoxy) is 4. The van der Waals surface area contributed by atoms with Gasteiger partial charge in [-0.1, -0.05) is 63.2 Å². The number of carbonyl (C=O) groups is 3. The average Bonchev–Trinajstić information content (AvgIpc) is 3.71. The first-order valence-electron chi connectivity index (χ1n) is 17.1. The molecule has 2 fully saturated rings. The molecule has 51 heavy (non-hydrogen) atoms. The van der Waals surface area contributed by atoms with Gasteiger partial charge in [0.25, 0.3) is 0 Å². The van der Waals surface area contributed by atoms with Crippen LogP contribution in [0.15, 0.2) is 73.1 Å². The van der Waals surface area contributed by atoms with E-state index in [0.717, 1.165) is 16.7 Å². The number of methoxy groups -OCH3 is 1. The molecule has 2 saturated heterocycles. The number of hydrazine groups is 1. The third-order valence-corrected chi connectivity index (χ3v) is 9.15. The van der Waals surface area contributed by atoms with Gasteiger partial charge >= 0.3 is 12.1 Å². The number of aliphatic hydroxyl groups excluding tert-OH is 1. The van der Waals surface area contributed by atoms with Gasteiger partial charge in [0, 0.05) is 25.5 Å². The van der Waals surface area contributed by atoms with Crippen LogP contribution < -0.4 is 10.7 Å². The van der Waals surface area contributed by atoms with Gasteiger partial charge in [0.05, 0.1) is 38.4 Å². The summed E-state index contributed by atoms with van der Waals surface area (Å²) in [6.07, 6.45) is 2.20. The van der Waals surface area contributed by atoms with Crippen molar-refractivity contribution >= 4 is 18.0 Å². The highest BCUT2D eigenvalue weighted by Gasteiger charge is 2.44. The lowest BCUT2D eigenvalue weighted by atomic mass is 9.80. The van der Waals surface area contributed by atoms with Crippen molar-refractivity contribution in [3.05, 3.63) is 101 Å². The number of nitrogens with zero attached hydrogens (tertiary/aromatic N) is 2. The smallest absolute Gasteiger partial charge is 0.422 e. The third kappa shape index (κ3) is 10.5. The van der Waals surface area contributed by atoms with Gasteiger partial charge in [-0.15, -0.1) is 0 Å². The molecular weight excluding hydrogens is 659 g/mol. The molecule has 5 rings (SSSR count). The molecule has 0 spiro atoms. The minimum absolute atomic E-state index is 0.0761. The predicted molar refractivity (Wildman–Crippen MR) is 184 cm³/mol. The van der Waals surface area contributed by atoms with Crippen LogP contribution in [-0.2, 0) is 47.9 Å². The summed E-state index contributed by atoms with van der Waals surface area (Å²) < 4.78 is 35.6. The highest BCUT2D eigenvalue weighted by molar-refractivity contribution is 5.98. The van der Waals surface area contributed by atoms with Gasteiger partial charge in [0.1, 0.15) is 17.8 Å². The summed E-state index contributed by atoms with van der Waals surface area (Å²) in [7, 11) is 1.23. The Labute approximate surface area is 297 Å². The molecule has 6 atom stereocenters. The van der Waals surface area contributed by atoms with E-state index in [0.29, 0.717) is 25.0 Å². The fourth-order valence-corrected chi connectivity index (χ4v) is 6.46. The van der Waals surface area contributed by atoms with Crippen LogP contribution in [-0.4, -0.2) is 84.5 Å². The first-order chi connectivity index (χ1) is 24.4. The lowest BCUT2D eigenvalue weighted by Crippen LogP contribution is -2.55. The van der Waals surface area contributed by atoms with E-state index >= 15 is 0 Å². The zero-order valence-corrected chi connectivity index (χ0v) is 29.4. The summed E-state index contributed by atoms with van der Waals surface area (Å²) >= 11 is 0. The molecule has 1 aromatic heterocycles. The Bertz CT molecular complexity index is 1600. The fraction of sp³-hybridized carbons (Fsp3) is 0.474. The summed E-state index contributed by atoms with van der Waals surface area (Å²) in [4.78, 5) is 43.9. The Morgan fingerprint density at radius 3 is 2.39 bits per heavy atom. The first kappa shape index (κ1) is 37.8. The lowest BCUT2D eigenvalue weighted by molar-refractivity contribution is -0.155. The van der Waals surface area contributed by atoms with E-state index in [9.17, 15) is 23.9 Å². The number of aromatic nitrogens is 1. The SMILES string of the molecule is COC(=O)C(C(=O)NC(Cc1ccc(Cc2cccnc2)cc1)C(O)CN(Cc1ccc(F)cc1)NC(=O)OC1COC2OCCC12)C(C)(C)C. The number of benzene rings is 2. The minimum atomic E-state index is -1.26. The van der Waals surface area contributed by atoms with Gasteiger partial charge in [0.15, 0.2) is 6.29 Å². The van der Waals surface area contributed by atoms with Gasteiger partial charge in [0.2, 0.25) is 5.91 Å². The maximum Gasteiger partial charge on any atom is 0.422 e. The lowest BCUT2D eigenvalue weighted by Gasteiger charge is -2.33. The Balaban J connectivity index is 1.35. The number of amides is 2. The van der Waals surface area contributed by atoms with Crippen LogP contribution in [0.5, 0.6) is 0 Å². The van der Waals surface area contributed by atoms with Crippen molar-refractivity contribution in [1.29, 1.82) is 0 Å². The summed E-state index contributed by atoms with van der Waals surface area (Å²) in [5.41, 5.74) is 5.54. The molecule has 0 saturated carbocycles. The number of hydrogen-bond acceptors (Lipinski definition) is 10. The molecule has 3 heterocycles. The molecule has 2 aliphatic heterocycles. The first-order valence-corrected chi connectivity index (χ1v) is 17.1. The Kier molecular flexibility index (Phi) is 12.7. The second-order valence-electron chi connectivity index (χ2n) is 14.2. The standard InChI is InChI=1S/C38H47FN4O8/c1-38(2,3)33(35(46)48-4)34(45)41-30(19-25-9-7-24(8-10-25)18-27-6-5-16-40-20-27)31(44)22-43(21-26-11-13-28(39)14-12-26)42-37(47)51-32-23-50-36-29(32)15-17-49-36/h5-14,16,20,29-33,36,44H,15,17-19,21-23H2,1-4H3,(H,41,45)(H,42,47). The van der Waals surface area contributed by atoms with Crippen LogP contribution in [0, 0.1) is 23.1 Å². The Hall–Kier alpha value is -4.43. The quantitative estimate of drug-likeness (QED) is 0.128. The fourth-order valence-electron chi connectivity index (χ4n) is 6.46. The van der Waals surface area contributed by atoms with Crippen LogP contribution in [0.25, 0.3) is 0 Å². The van der Waals surface area contributed by atoms with Crippen molar-refractivity contribution in [2.45, 2.75) is 71.1 Å². The molecule has 2 aromatic carbocycles. The molecular formula is C38H47FN4O8. The molecule has 274 valence electrons. The number of fused-ring (bicyclic) bond motifs is 1. The minimum Gasteiger partial charge on any atom is -0.468 e. The van der Waals surface area contributed by atoms with Crippen molar-refractivity contribution in [3.8, 4) is 0 Å². The second-order valence-corrected chi connectivity index (χ2v) is 14.2. The highest BCUT2D eigenvalue weighted by Crippen LogP contribution is 2.33. The summed E-state index contributed by atoms with van der Waals surface area (Å²) in [6, 6.07) is 16.5. The van der Waals surface area contributed by atoms with Gasteiger partial charge in [-0.05, 0) is 65.1 Å². The van der Waals surface area contributed by atoms with Crippen LogP contribution in [0.1, 0.15) is 49.4 Å². The van der Waals surface area contributed by atoms with E-state index in [-0.39, 0.29) is 32.0 Å². The van der Waals surface area contributed by atoms with E-state index in [1.807, 2.05) is 42.6 Å².